The summed E-state index contributed by atoms with van der Waals surface area (Å²) >= 11 is 0. The highest BCUT2D eigenvalue weighted by Gasteiger charge is 2.23. The van der Waals surface area contributed by atoms with Crippen LogP contribution in [0.4, 0.5) is 0 Å². The zero-order chi connectivity index (χ0) is 13.9. The van der Waals surface area contributed by atoms with Crippen molar-refractivity contribution in [3.05, 3.63) is 58.8 Å². The largest absolute Gasteiger partial charge is 0.469 e. The smallest absolute Gasteiger partial charge is 0.232 e. The monoisotopic (exact) mass is 264 g/mol. The molecule has 0 saturated carbocycles. The van der Waals surface area contributed by atoms with Crippen LogP contribution in [0.2, 0.25) is 0 Å². The van der Waals surface area contributed by atoms with Crippen LogP contribution in [0.25, 0.3) is 0 Å². The number of pyridine rings is 1. The lowest BCUT2D eigenvalue weighted by molar-refractivity contribution is 0.175. The first-order chi connectivity index (χ1) is 9.79. The molecule has 100 valence electrons. The molecular weight excluding hydrogens is 248 g/mol. The number of nitrogens with zero attached hydrogens (tertiary/aromatic N) is 2. The van der Waals surface area contributed by atoms with Crippen LogP contribution in [0.5, 0.6) is 5.88 Å². The molecular formula is C17H16N2O. The minimum Gasteiger partial charge on any atom is -0.469 e. The third kappa shape index (κ3) is 2.25. The van der Waals surface area contributed by atoms with E-state index in [4.69, 9.17) is 4.74 Å². The summed E-state index contributed by atoms with van der Waals surface area (Å²) in [5.74, 6) is 0.453. The summed E-state index contributed by atoms with van der Waals surface area (Å²) in [7, 11) is 0. The number of fused-ring (bicyclic) bond motifs is 1. The molecule has 1 heterocycles. The van der Waals surface area contributed by atoms with Gasteiger partial charge in [0, 0.05) is 6.20 Å². The normalized spacial score (nSPS) is 17.1. The average molecular weight is 264 g/mol. The van der Waals surface area contributed by atoms with Crippen molar-refractivity contribution in [2.75, 3.05) is 0 Å². The Hall–Kier alpha value is -2.34. The summed E-state index contributed by atoms with van der Waals surface area (Å²) < 4.78 is 6.05. The van der Waals surface area contributed by atoms with E-state index in [2.05, 4.69) is 29.3 Å². The summed E-state index contributed by atoms with van der Waals surface area (Å²) in [5, 5.41) is 9.25. The third-order valence-corrected chi connectivity index (χ3v) is 3.80. The number of rotatable bonds is 2. The predicted molar refractivity (Wildman–Crippen MR) is 76.4 cm³/mol. The first-order valence-electron chi connectivity index (χ1n) is 6.90. The number of hydrogen-bond donors (Lipinski definition) is 0. The first kappa shape index (κ1) is 12.7. The summed E-state index contributed by atoms with van der Waals surface area (Å²) in [6.45, 7) is 1.90. The van der Waals surface area contributed by atoms with Gasteiger partial charge in [-0.1, -0.05) is 24.3 Å². The van der Waals surface area contributed by atoms with E-state index < -0.39 is 0 Å². The molecule has 1 aliphatic carbocycles. The van der Waals surface area contributed by atoms with Crippen molar-refractivity contribution < 1.29 is 4.74 Å². The van der Waals surface area contributed by atoms with Crippen molar-refractivity contribution in [3.63, 3.8) is 0 Å². The van der Waals surface area contributed by atoms with Crippen molar-refractivity contribution in [2.45, 2.75) is 32.3 Å². The van der Waals surface area contributed by atoms with Crippen molar-refractivity contribution in [1.29, 1.82) is 5.26 Å². The van der Waals surface area contributed by atoms with Crippen LogP contribution in [0.3, 0.4) is 0 Å². The molecule has 1 aromatic carbocycles. The number of ether oxygens (including phenoxy) is 1. The second-order valence-electron chi connectivity index (χ2n) is 5.12. The molecule has 3 nitrogen and oxygen atoms in total. The molecule has 2 aromatic rings. The van der Waals surface area contributed by atoms with Crippen LogP contribution in [0.1, 0.15) is 41.2 Å². The topological polar surface area (TPSA) is 45.9 Å². The molecule has 0 radical (unpaired) electrons. The molecule has 0 saturated heterocycles. The Bertz CT molecular complexity index is 673. The van der Waals surface area contributed by atoms with Gasteiger partial charge in [-0.15, -0.1) is 0 Å². The van der Waals surface area contributed by atoms with Gasteiger partial charge in [0.1, 0.15) is 17.7 Å². The summed E-state index contributed by atoms with van der Waals surface area (Å²) in [4.78, 5) is 4.23. The SMILES string of the molecule is Cc1ccnc(OC2CCCc3ccccc32)c1C#N. The van der Waals surface area contributed by atoms with E-state index in [0.717, 1.165) is 24.8 Å². The van der Waals surface area contributed by atoms with Gasteiger partial charge in [-0.3, -0.25) is 0 Å². The number of aromatic nitrogens is 1. The van der Waals surface area contributed by atoms with Crippen LogP contribution in [-0.4, -0.2) is 4.98 Å². The molecule has 1 atom stereocenters. The minimum atomic E-state index is 0.00125. The van der Waals surface area contributed by atoms with Crippen LogP contribution in [0.15, 0.2) is 36.5 Å². The molecule has 0 aliphatic heterocycles. The number of benzene rings is 1. The maximum absolute atomic E-state index is 9.25. The zero-order valence-corrected chi connectivity index (χ0v) is 11.5. The molecule has 1 unspecified atom stereocenters. The van der Waals surface area contributed by atoms with Gasteiger partial charge < -0.3 is 4.74 Å². The van der Waals surface area contributed by atoms with E-state index in [1.165, 1.54) is 11.1 Å². The quantitative estimate of drug-likeness (QED) is 0.830. The lowest BCUT2D eigenvalue weighted by Gasteiger charge is -2.26. The Balaban J connectivity index is 1.94. The second-order valence-corrected chi connectivity index (χ2v) is 5.12. The molecule has 1 aromatic heterocycles. The first-order valence-corrected chi connectivity index (χ1v) is 6.90. The third-order valence-electron chi connectivity index (χ3n) is 3.80. The maximum Gasteiger partial charge on any atom is 0.232 e. The lowest BCUT2D eigenvalue weighted by atomic mass is 9.89. The van der Waals surface area contributed by atoms with E-state index in [-0.39, 0.29) is 6.10 Å². The lowest BCUT2D eigenvalue weighted by Crippen LogP contribution is -2.16. The molecule has 0 fully saturated rings. The van der Waals surface area contributed by atoms with Crippen molar-refractivity contribution in [1.82, 2.24) is 4.98 Å². The fraction of sp³-hybridized carbons (Fsp3) is 0.294. The van der Waals surface area contributed by atoms with E-state index >= 15 is 0 Å². The maximum atomic E-state index is 9.25. The van der Waals surface area contributed by atoms with Gasteiger partial charge in [0.05, 0.1) is 0 Å². The van der Waals surface area contributed by atoms with Crippen LogP contribution in [0, 0.1) is 18.3 Å². The Labute approximate surface area is 118 Å². The fourth-order valence-corrected chi connectivity index (χ4v) is 2.73. The van der Waals surface area contributed by atoms with Gasteiger partial charge in [-0.2, -0.15) is 5.26 Å². The van der Waals surface area contributed by atoms with Gasteiger partial charge in [-0.05, 0) is 48.9 Å². The molecule has 0 spiro atoms. The van der Waals surface area contributed by atoms with E-state index in [1.807, 2.05) is 19.1 Å². The van der Waals surface area contributed by atoms with Crippen LogP contribution in [-0.2, 0) is 6.42 Å². The van der Waals surface area contributed by atoms with Gasteiger partial charge in [0.15, 0.2) is 0 Å². The van der Waals surface area contributed by atoms with Crippen LogP contribution >= 0.6 is 0 Å². The van der Waals surface area contributed by atoms with E-state index in [0.29, 0.717) is 11.4 Å². The molecule has 3 rings (SSSR count). The van der Waals surface area contributed by atoms with Crippen LogP contribution < -0.4 is 4.74 Å². The molecule has 0 amide bonds. The van der Waals surface area contributed by atoms with Gasteiger partial charge in [0.25, 0.3) is 0 Å². The van der Waals surface area contributed by atoms with E-state index in [1.54, 1.807) is 6.20 Å². The van der Waals surface area contributed by atoms with Gasteiger partial charge >= 0.3 is 0 Å². The standard InChI is InChI=1S/C17H16N2O/c1-12-9-10-19-17(15(12)11-18)20-16-8-4-6-13-5-2-3-7-14(13)16/h2-3,5,7,9-10,16H,4,6,8H2,1H3. The molecule has 0 bridgehead atoms. The average Bonchev–Trinajstić information content (AvgIpc) is 2.48. The highest BCUT2D eigenvalue weighted by atomic mass is 16.5. The number of hydrogen-bond acceptors (Lipinski definition) is 3. The molecule has 1 aliphatic rings. The minimum absolute atomic E-state index is 0.00125. The van der Waals surface area contributed by atoms with Crippen molar-refractivity contribution in [2.24, 2.45) is 0 Å². The Morgan fingerprint density at radius 1 is 1.30 bits per heavy atom. The zero-order valence-electron chi connectivity index (χ0n) is 11.5. The summed E-state index contributed by atoms with van der Waals surface area (Å²) in [6, 6.07) is 12.4. The van der Waals surface area contributed by atoms with Crippen molar-refractivity contribution in [3.8, 4) is 11.9 Å². The Kier molecular flexibility index (Phi) is 3.39. The number of nitriles is 1. The molecule has 0 N–H and O–H groups in total. The highest BCUT2D eigenvalue weighted by molar-refractivity contribution is 5.44. The number of aryl methyl sites for hydroxylation is 2. The highest BCUT2D eigenvalue weighted by Crippen LogP contribution is 2.34. The van der Waals surface area contributed by atoms with Gasteiger partial charge in [-0.25, -0.2) is 4.98 Å². The van der Waals surface area contributed by atoms with E-state index in [9.17, 15) is 5.26 Å². The molecule has 3 heteroatoms. The fourth-order valence-electron chi connectivity index (χ4n) is 2.73. The summed E-state index contributed by atoms with van der Waals surface area (Å²) in [6.07, 6.45) is 4.87. The predicted octanol–water partition coefficient (Wildman–Crippen LogP) is 3.72. The van der Waals surface area contributed by atoms with Gasteiger partial charge in [0.2, 0.25) is 5.88 Å². The second kappa shape index (κ2) is 5.34. The Morgan fingerprint density at radius 3 is 3.00 bits per heavy atom. The molecule has 20 heavy (non-hydrogen) atoms. The van der Waals surface area contributed by atoms with Crippen molar-refractivity contribution >= 4 is 0 Å². The summed E-state index contributed by atoms with van der Waals surface area (Å²) in [5.41, 5.74) is 4.01. The Morgan fingerprint density at radius 2 is 2.15 bits per heavy atom.